The summed E-state index contributed by atoms with van der Waals surface area (Å²) in [5.74, 6) is 0.0471. The number of anilines is 2. The average Bonchev–Trinajstić information content (AvgIpc) is 3.10. The Hall–Kier alpha value is -3.12. The Bertz CT molecular complexity index is 1200. The Labute approximate surface area is 184 Å². The second-order valence-electron chi connectivity index (χ2n) is 8.07. The molecule has 160 valence electrons. The van der Waals surface area contributed by atoms with Crippen LogP contribution in [0.4, 0.5) is 11.4 Å². The first-order chi connectivity index (χ1) is 14.8. The van der Waals surface area contributed by atoms with Crippen LogP contribution < -0.4 is 9.21 Å². The number of carbonyl (C=O) groups is 1. The summed E-state index contributed by atoms with van der Waals surface area (Å²) in [5.41, 5.74) is 4.59. The van der Waals surface area contributed by atoms with Crippen molar-refractivity contribution >= 4 is 27.3 Å². The van der Waals surface area contributed by atoms with Gasteiger partial charge >= 0.3 is 0 Å². The third kappa shape index (κ3) is 4.08. The Balaban J connectivity index is 1.49. The lowest BCUT2D eigenvalue weighted by molar-refractivity contribution is -0.118. The third-order valence-corrected chi connectivity index (χ3v) is 7.61. The van der Waals surface area contributed by atoms with Crippen molar-refractivity contribution in [2.75, 3.05) is 16.3 Å². The number of sulfonamides is 1. The van der Waals surface area contributed by atoms with E-state index in [0.29, 0.717) is 5.69 Å². The summed E-state index contributed by atoms with van der Waals surface area (Å²) in [6.07, 6.45) is 1.13. The largest absolute Gasteiger partial charge is 0.309 e. The van der Waals surface area contributed by atoms with Crippen LogP contribution in [0.5, 0.6) is 0 Å². The van der Waals surface area contributed by atoms with E-state index in [1.54, 1.807) is 36.4 Å². The zero-order valence-electron chi connectivity index (χ0n) is 17.9. The van der Waals surface area contributed by atoms with Crippen LogP contribution in [0.1, 0.15) is 23.6 Å². The Morgan fingerprint density at radius 1 is 1.00 bits per heavy atom. The van der Waals surface area contributed by atoms with Gasteiger partial charge in [0.05, 0.1) is 17.0 Å². The summed E-state index contributed by atoms with van der Waals surface area (Å²) in [5, 5.41) is 0. The molecule has 4 rings (SSSR count). The maximum atomic E-state index is 13.0. The number of carbonyl (C=O) groups excluding carboxylic acids is 1. The van der Waals surface area contributed by atoms with Gasteiger partial charge in [-0.05, 0) is 61.7 Å². The van der Waals surface area contributed by atoms with Gasteiger partial charge in [0.1, 0.15) is 0 Å². The molecule has 0 radical (unpaired) electrons. The number of benzene rings is 3. The molecule has 1 unspecified atom stereocenters. The predicted octanol–water partition coefficient (Wildman–Crippen LogP) is 4.34. The molecule has 1 amide bonds. The molecule has 1 aliphatic heterocycles. The molecule has 3 aromatic carbocycles. The van der Waals surface area contributed by atoms with Gasteiger partial charge in [0.2, 0.25) is 5.91 Å². The number of amides is 1. The van der Waals surface area contributed by atoms with Crippen molar-refractivity contribution in [2.45, 2.75) is 37.6 Å². The van der Waals surface area contributed by atoms with Crippen LogP contribution >= 0.6 is 0 Å². The molecule has 5 nitrogen and oxygen atoms in total. The van der Waals surface area contributed by atoms with E-state index in [1.165, 1.54) is 16.9 Å². The van der Waals surface area contributed by atoms with Crippen molar-refractivity contribution in [3.8, 4) is 0 Å². The Morgan fingerprint density at radius 3 is 2.32 bits per heavy atom. The van der Waals surface area contributed by atoms with Crippen LogP contribution in [0.2, 0.25) is 0 Å². The number of nitrogens with zero attached hydrogens (tertiary/aromatic N) is 2. The Morgan fingerprint density at radius 2 is 1.65 bits per heavy atom. The zero-order chi connectivity index (χ0) is 22.2. The minimum absolute atomic E-state index is 0.0471. The van der Waals surface area contributed by atoms with Crippen molar-refractivity contribution in [3.05, 3.63) is 89.5 Å². The number of fused-ring (bicyclic) bond motifs is 1. The van der Waals surface area contributed by atoms with E-state index in [2.05, 4.69) is 13.0 Å². The fourth-order valence-corrected chi connectivity index (χ4v) is 5.23. The highest BCUT2D eigenvalue weighted by Crippen LogP contribution is 2.32. The monoisotopic (exact) mass is 434 g/mol. The molecule has 0 N–H and O–H groups in total. The summed E-state index contributed by atoms with van der Waals surface area (Å²) in [4.78, 5) is 15.1. The van der Waals surface area contributed by atoms with Gasteiger partial charge in [0, 0.05) is 18.8 Å². The van der Waals surface area contributed by atoms with Crippen LogP contribution in [0.3, 0.4) is 0 Å². The summed E-state index contributed by atoms with van der Waals surface area (Å²) in [6.45, 7) is 3.98. The van der Waals surface area contributed by atoms with Crippen molar-refractivity contribution in [1.82, 2.24) is 0 Å². The molecule has 0 saturated carbocycles. The SMILES string of the molecule is Cc1ccc(S(=O)(=O)N(C)c2ccc(CC(=O)N3c4ccccc4CC3C)cc2)cc1. The number of aryl methyl sites for hydroxylation is 1. The van der Waals surface area contributed by atoms with Gasteiger partial charge in [0.15, 0.2) is 0 Å². The summed E-state index contributed by atoms with van der Waals surface area (Å²) in [6, 6.07) is 22.1. The fourth-order valence-electron chi connectivity index (χ4n) is 4.04. The van der Waals surface area contributed by atoms with Crippen molar-refractivity contribution in [3.63, 3.8) is 0 Å². The number of hydrogen-bond acceptors (Lipinski definition) is 3. The molecule has 31 heavy (non-hydrogen) atoms. The van der Waals surface area contributed by atoms with Gasteiger partial charge in [-0.1, -0.05) is 48.0 Å². The molecule has 1 aliphatic rings. The smallest absolute Gasteiger partial charge is 0.264 e. The zero-order valence-corrected chi connectivity index (χ0v) is 18.8. The first kappa shape index (κ1) is 21.1. The van der Waals surface area contributed by atoms with E-state index in [1.807, 2.05) is 42.2 Å². The molecular formula is C25H26N2O3S. The second kappa shape index (κ2) is 8.19. The molecule has 0 fully saturated rings. The molecule has 0 aliphatic carbocycles. The number of rotatable bonds is 5. The highest BCUT2D eigenvalue weighted by molar-refractivity contribution is 7.92. The van der Waals surface area contributed by atoms with Gasteiger partial charge in [-0.2, -0.15) is 0 Å². The molecule has 1 atom stereocenters. The van der Waals surface area contributed by atoms with Crippen LogP contribution in [0.15, 0.2) is 77.7 Å². The van der Waals surface area contributed by atoms with Crippen molar-refractivity contribution in [2.24, 2.45) is 0 Å². The molecule has 0 spiro atoms. The molecule has 0 saturated heterocycles. The lowest BCUT2D eigenvalue weighted by Gasteiger charge is -2.23. The Kier molecular flexibility index (Phi) is 5.58. The molecule has 0 bridgehead atoms. The highest BCUT2D eigenvalue weighted by Gasteiger charge is 2.30. The molecule has 6 heteroatoms. The number of para-hydroxylation sites is 1. The summed E-state index contributed by atoms with van der Waals surface area (Å²) >= 11 is 0. The highest BCUT2D eigenvalue weighted by atomic mass is 32.2. The maximum absolute atomic E-state index is 13.0. The van der Waals surface area contributed by atoms with Crippen LogP contribution in [-0.4, -0.2) is 27.4 Å². The van der Waals surface area contributed by atoms with Gasteiger partial charge in [-0.3, -0.25) is 9.10 Å². The van der Waals surface area contributed by atoms with Gasteiger partial charge in [-0.25, -0.2) is 8.42 Å². The molecule has 3 aromatic rings. The van der Waals surface area contributed by atoms with E-state index in [-0.39, 0.29) is 23.3 Å². The van der Waals surface area contributed by atoms with E-state index in [4.69, 9.17) is 0 Å². The van der Waals surface area contributed by atoms with E-state index >= 15 is 0 Å². The van der Waals surface area contributed by atoms with Crippen molar-refractivity contribution < 1.29 is 13.2 Å². The summed E-state index contributed by atoms with van der Waals surface area (Å²) in [7, 11) is -2.10. The fraction of sp³-hybridized carbons (Fsp3) is 0.240. The van der Waals surface area contributed by atoms with Crippen LogP contribution in [-0.2, 0) is 27.7 Å². The summed E-state index contributed by atoms with van der Waals surface area (Å²) < 4.78 is 27.1. The third-order valence-electron chi connectivity index (χ3n) is 5.81. The molecule has 1 heterocycles. The van der Waals surface area contributed by atoms with E-state index < -0.39 is 10.0 Å². The molecule has 0 aromatic heterocycles. The van der Waals surface area contributed by atoms with Crippen molar-refractivity contribution in [1.29, 1.82) is 0 Å². The number of hydrogen-bond donors (Lipinski definition) is 0. The predicted molar refractivity (Wildman–Crippen MR) is 124 cm³/mol. The lowest BCUT2D eigenvalue weighted by Crippen LogP contribution is -2.36. The molecular weight excluding hydrogens is 408 g/mol. The van der Waals surface area contributed by atoms with E-state index in [0.717, 1.165) is 23.2 Å². The van der Waals surface area contributed by atoms with Gasteiger partial charge in [-0.15, -0.1) is 0 Å². The average molecular weight is 435 g/mol. The first-order valence-electron chi connectivity index (χ1n) is 10.3. The van der Waals surface area contributed by atoms with Gasteiger partial charge in [0.25, 0.3) is 10.0 Å². The second-order valence-corrected chi connectivity index (χ2v) is 10.0. The van der Waals surface area contributed by atoms with E-state index in [9.17, 15) is 13.2 Å². The van der Waals surface area contributed by atoms with Crippen LogP contribution in [0.25, 0.3) is 0 Å². The minimum atomic E-state index is -3.64. The standard InChI is InChI=1S/C25H26N2O3S/c1-18-8-14-23(15-9-18)31(29,30)26(3)22-12-10-20(11-13-22)17-25(28)27-19(2)16-21-6-4-5-7-24(21)27/h4-15,19H,16-17H2,1-3H3. The van der Waals surface area contributed by atoms with Crippen LogP contribution in [0, 0.1) is 6.92 Å². The normalized spacial score (nSPS) is 15.6. The lowest BCUT2D eigenvalue weighted by atomic mass is 10.1. The quantitative estimate of drug-likeness (QED) is 0.600. The minimum Gasteiger partial charge on any atom is -0.309 e. The van der Waals surface area contributed by atoms with Gasteiger partial charge < -0.3 is 4.90 Å². The topological polar surface area (TPSA) is 57.7 Å². The first-order valence-corrected chi connectivity index (χ1v) is 11.8. The maximum Gasteiger partial charge on any atom is 0.264 e.